The molecule has 2 aromatic rings. The molecule has 1 heterocycles. The van der Waals surface area contributed by atoms with Gasteiger partial charge in [0.15, 0.2) is 0 Å². The Hall–Kier alpha value is -2.34. The smallest absolute Gasteiger partial charge is 0.233 e. The van der Waals surface area contributed by atoms with Crippen LogP contribution in [0.15, 0.2) is 18.2 Å². The maximum Gasteiger partial charge on any atom is 0.233 e. The lowest BCUT2D eigenvalue weighted by Gasteiger charge is -2.09. The van der Waals surface area contributed by atoms with Gasteiger partial charge in [0.2, 0.25) is 11.8 Å². The first-order chi connectivity index (χ1) is 11.4. The lowest BCUT2D eigenvalue weighted by Crippen LogP contribution is -2.30. The fourth-order valence-electron chi connectivity index (χ4n) is 2.40. The van der Waals surface area contributed by atoms with Gasteiger partial charge in [-0.3, -0.25) is 14.7 Å². The molecule has 0 fully saturated rings. The van der Waals surface area contributed by atoms with E-state index in [0.29, 0.717) is 23.7 Å². The number of halogens is 1. The van der Waals surface area contributed by atoms with E-state index in [2.05, 4.69) is 20.8 Å². The third-order valence-electron chi connectivity index (χ3n) is 3.77. The number of aryl methyl sites for hydroxylation is 3. The van der Waals surface area contributed by atoms with Gasteiger partial charge in [-0.1, -0.05) is 17.7 Å². The Morgan fingerprint density at radius 2 is 1.96 bits per heavy atom. The number of aromatic amines is 1. The zero-order valence-electron chi connectivity index (χ0n) is 14.0. The molecule has 0 unspecified atom stereocenters. The number of hydrogen-bond acceptors (Lipinski definition) is 3. The molecule has 1 aromatic heterocycles. The normalized spacial score (nSPS) is 10.5. The number of aromatic nitrogens is 2. The van der Waals surface area contributed by atoms with Crippen LogP contribution in [0.3, 0.4) is 0 Å². The zero-order valence-corrected chi connectivity index (χ0v) is 14.8. The lowest BCUT2D eigenvalue weighted by molar-refractivity contribution is -0.126. The molecular formula is C17H21ClN4O2. The first-order valence-electron chi connectivity index (χ1n) is 7.70. The van der Waals surface area contributed by atoms with Crippen molar-refractivity contribution in [3.05, 3.63) is 45.7 Å². The molecule has 3 N–H and O–H groups in total. The van der Waals surface area contributed by atoms with Crippen molar-refractivity contribution in [3.8, 4) is 0 Å². The lowest BCUT2D eigenvalue weighted by atomic mass is 10.1. The molecule has 7 heteroatoms. The average Bonchev–Trinajstić information content (AvgIpc) is 2.82. The number of nitrogens with zero attached hydrogens (tertiary/aromatic N) is 1. The number of H-pyrrole nitrogens is 1. The Morgan fingerprint density at radius 1 is 1.21 bits per heavy atom. The number of benzene rings is 1. The number of carbonyl (C=O) groups excluding carboxylic acids is 2. The van der Waals surface area contributed by atoms with Crippen LogP contribution in [-0.2, 0) is 16.0 Å². The van der Waals surface area contributed by atoms with Gasteiger partial charge in [-0.05, 0) is 50.5 Å². The van der Waals surface area contributed by atoms with E-state index in [1.807, 2.05) is 26.8 Å². The molecule has 2 rings (SSSR count). The van der Waals surface area contributed by atoms with Crippen LogP contribution in [0, 0.1) is 20.8 Å². The van der Waals surface area contributed by atoms with Crippen LogP contribution >= 0.6 is 11.6 Å². The summed E-state index contributed by atoms with van der Waals surface area (Å²) in [7, 11) is 0. The second-order valence-corrected chi connectivity index (χ2v) is 6.13. The van der Waals surface area contributed by atoms with Gasteiger partial charge in [-0.15, -0.1) is 0 Å². The number of nitrogens with one attached hydrogen (secondary N) is 3. The first-order valence-corrected chi connectivity index (χ1v) is 8.07. The fourth-order valence-corrected chi connectivity index (χ4v) is 2.57. The molecule has 0 saturated heterocycles. The Labute approximate surface area is 146 Å². The Morgan fingerprint density at radius 3 is 2.62 bits per heavy atom. The molecule has 0 spiro atoms. The van der Waals surface area contributed by atoms with Crippen LogP contribution in [0.1, 0.15) is 28.9 Å². The SMILES string of the molecule is Cc1ccc(Cl)cc1NC(=O)CC(=O)NCCc1c(C)n[nH]c1C. The van der Waals surface area contributed by atoms with Gasteiger partial charge in [0, 0.05) is 22.9 Å². The van der Waals surface area contributed by atoms with Crippen LogP contribution in [0.4, 0.5) is 5.69 Å². The molecule has 128 valence electrons. The summed E-state index contributed by atoms with van der Waals surface area (Å²) in [5, 5.41) is 13.0. The second-order valence-electron chi connectivity index (χ2n) is 5.70. The summed E-state index contributed by atoms with van der Waals surface area (Å²) in [5.74, 6) is -0.681. The topological polar surface area (TPSA) is 86.9 Å². The summed E-state index contributed by atoms with van der Waals surface area (Å²) in [6.07, 6.45) is 0.449. The molecule has 0 atom stereocenters. The summed E-state index contributed by atoms with van der Waals surface area (Å²) in [6.45, 7) is 6.18. The van der Waals surface area contributed by atoms with Crippen molar-refractivity contribution in [2.75, 3.05) is 11.9 Å². The first kappa shape index (κ1) is 18.0. The van der Waals surface area contributed by atoms with Gasteiger partial charge in [0.1, 0.15) is 6.42 Å². The average molecular weight is 349 g/mol. The minimum absolute atomic E-state index is 0.227. The number of anilines is 1. The quantitative estimate of drug-likeness (QED) is 0.701. The summed E-state index contributed by atoms with van der Waals surface area (Å²) >= 11 is 5.91. The standard InChI is InChI=1S/C17H21ClN4O2/c1-10-4-5-13(18)8-15(10)20-17(24)9-16(23)19-7-6-14-11(2)21-22-12(14)3/h4-5,8H,6-7,9H2,1-3H3,(H,19,23)(H,20,24)(H,21,22). The van der Waals surface area contributed by atoms with E-state index in [9.17, 15) is 9.59 Å². The van der Waals surface area contributed by atoms with E-state index in [-0.39, 0.29) is 18.2 Å². The van der Waals surface area contributed by atoms with Gasteiger partial charge in [-0.25, -0.2) is 0 Å². The Kier molecular flexibility index (Phi) is 5.98. The molecular weight excluding hydrogens is 328 g/mol. The van der Waals surface area contributed by atoms with E-state index in [4.69, 9.17) is 11.6 Å². The van der Waals surface area contributed by atoms with Crippen LogP contribution in [-0.4, -0.2) is 28.6 Å². The monoisotopic (exact) mass is 348 g/mol. The van der Waals surface area contributed by atoms with Gasteiger partial charge in [-0.2, -0.15) is 5.10 Å². The van der Waals surface area contributed by atoms with E-state index in [1.165, 1.54) is 0 Å². The molecule has 0 aliphatic carbocycles. The molecule has 6 nitrogen and oxygen atoms in total. The molecule has 24 heavy (non-hydrogen) atoms. The van der Waals surface area contributed by atoms with Crippen molar-refractivity contribution >= 4 is 29.1 Å². The van der Waals surface area contributed by atoms with Gasteiger partial charge in [0.25, 0.3) is 0 Å². The van der Waals surface area contributed by atoms with Crippen molar-refractivity contribution in [1.82, 2.24) is 15.5 Å². The molecule has 0 saturated carbocycles. The maximum absolute atomic E-state index is 12.0. The van der Waals surface area contributed by atoms with Crippen molar-refractivity contribution in [1.29, 1.82) is 0 Å². The molecule has 0 radical (unpaired) electrons. The highest BCUT2D eigenvalue weighted by molar-refractivity contribution is 6.31. The number of hydrogen-bond donors (Lipinski definition) is 3. The Bertz CT molecular complexity index is 736. The van der Waals surface area contributed by atoms with Crippen molar-refractivity contribution in [3.63, 3.8) is 0 Å². The van der Waals surface area contributed by atoms with E-state index >= 15 is 0 Å². The summed E-state index contributed by atoms with van der Waals surface area (Å²) < 4.78 is 0. The molecule has 0 aliphatic rings. The minimum atomic E-state index is -0.367. The van der Waals surface area contributed by atoms with Gasteiger partial charge < -0.3 is 10.6 Å². The second kappa shape index (κ2) is 7.97. The third-order valence-corrected chi connectivity index (χ3v) is 4.01. The minimum Gasteiger partial charge on any atom is -0.355 e. The van der Waals surface area contributed by atoms with Crippen molar-refractivity contribution < 1.29 is 9.59 Å². The van der Waals surface area contributed by atoms with Crippen LogP contribution in [0.2, 0.25) is 5.02 Å². The summed E-state index contributed by atoms with van der Waals surface area (Å²) in [5.41, 5.74) is 4.52. The van der Waals surface area contributed by atoms with Crippen molar-refractivity contribution in [2.24, 2.45) is 0 Å². The van der Waals surface area contributed by atoms with Crippen LogP contribution in [0.5, 0.6) is 0 Å². The maximum atomic E-state index is 12.0. The predicted molar refractivity (Wildman–Crippen MR) is 94.2 cm³/mol. The summed E-state index contributed by atoms with van der Waals surface area (Å²) in [6, 6.07) is 5.23. The number of rotatable bonds is 6. The molecule has 0 bridgehead atoms. The largest absolute Gasteiger partial charge is 0.355 e. The highest BCUT2D eigenvalue weighted by atomic mass is 35.5. The molecule has 0 aliphatic heterocycles. The number of amides is 2. The summed E-state index contributed by atoms with van der Waals surface area (Å²) in [4.78, 5) is 23.8. The zero-order chi connectivity index (χ0) is 17.7. The van der Waals surface area contributed by atoms with Gasteiger partial charge >= 0.3 is 0 Å². The van der Waals surface area contributed by atoms with Crippen LogP contribution < -0.4 is 10.6 Å². The molecule has 1 aromatic carbocycles. The number of carbonyl (C=O) groups is 2. The van der Waals surface area contributed by atoms with E-state index in [0.717, 1.165) is 22.5 Å². The highest BCUT2D eigenvalue weighted by Crippen LogP contribution is 2.20. The highest BCUT2D eigenvalue weighted by Gasteiger charge is 2.12. The van der Waals surface area contributed by atoms with Crippen molar-refractivity contribution in [2.45, 2.75) is 33.6 Å². The molecule has 2 amide bonds. The van der Waals surface area contributed by atoms with E-state index < -0.39 is 0 Å². The fraction of sp³-hybridized carbons (Fsp3) is 0.353. The Balaban J connectivity index is 1.79. The van der Waals surface area contributed by atoms with Gasteiger partial charge in [0.05, 0.1) is 5.69 Å². The predicted octanol–water partition coefficient (Wildman–Crippen LogP) is 2.68. The van der Waals surface area contributed by atoms with Crippen LogP contribution in [0.25, 0.3) is 0 Å². The van der Waals surface area contributed by atoms with E-state index in [1.54, 1.807) is 12.1 Å². The third kappa shape index (κ3) is 4.83.